The maximum absolute atomic E-state index is 13.5. The minimum absolute atomic E-state index is 0. The van der Waals surface area contributed by atoms with Crippen LogP contribution in [-0.4, -0.2) is 22.1 Å². The molecule has 1 aliphatic heterocycles. The molecule has 0 bridgehead atoms. The Kier molecular flexibility index (Phi) is 6.95. The Labute approximate surface area is 188 Å². The van der Waals surface area contributed by atoms with Gasteiger partial charge in [0.15, 0.2) is 0 Å². The van der Waals surface area contributed by atoms with E-state index in [1.54, 1.807) is 0 Å². The fraction of sp³-hybridized carbons (Fsp3) is 0.478. The van der Waals surface area contributed by atoms with E-state index in [4.69, 9.17) is 12.6 Å². The van der Waals surface area contributed by atoms with Crippen molar-refractivity contribution in [3.8, 4) is 11.5 Å². The van der Waals surface area contributed by atoms with Gasteiger partial charge < -0.3 is 18.1 Å². The molecule has 1 aliphatic rings. The van der Waals surface area contributed by atoms with E-state index in [9.17, 15) is 4.57 Å². The van der Waals surface area contributed by atoms with Crippen LogP contribution in [0.2, 0.25) is 0 Å². The third-order valence-electron chi connectivity index (χ3n) is 5.15. The highest BCUT2D eigenvalue weighted by molar-refractivity contribution is 7.50. The first-order valence-corrected chi connectivity index (χ1v) is 11.8. The van der Waals surface area contributed by atoms with Crippen LogP contribution < -0.4 is 9.05 Å². The molecule has 0 saturated heterocycles. The van der Waals surface area contributed by atoms with Gasteiger partial charge in [-0.1, -0.05) is 76.9 Å². The van der Waals surface area contributed by atoms with Crippen molar-refractivity contribution in [2.24, 2.45) is 0 Å². The predicted octanol–water partition coefficient (Wildman–Crippen LogP) is 5.64. The highest BCUT2D eigenvalue weighted by Crippen LogP contribution is 2.56. The van der Waals surface area contributed by atoms with E-state index in [1.165, 1.54) is 0 Å². The molecule has 2 radical (unpaired) electrons. The summed E-state index contributed by atoms with van der Waals surface area (Å²) in [7, 11) is -3.89. The summed E-state index contributed by atoms with van der Waals surface area (Å²) >= 11 is 2.05. The average Bonchev–Trinajstić information content (AvgIpc) is 2.56. The molecular weight excluding hydrogens is 414 g/mol. The van der Waals surface area contributed by atoms with Crippen LogP contribution >= 0.6 is 7.82 Å². The Bertz CT molecular complexity index is 927. The molecule has 0 atom stereocenters. The van der Waals surface area contributed by atoms with E-state index < -0.39 is 7.82 Å². The van der Waals surface area contributed by atoms with Crippen molar-refractivity contribution in [1.29, 1.82) is 0 Å². The smallest absolute Gasteiger partial charge is 0.417 e. The zero-order valence-corrected chi connectivity index (χ0v) is 21.2. The summed E-state index contributed by atoms with van der Waals surface area (Å²) in [5, 5.41) is 0. The number of hydrogen-bond acceptors (Lipinski definition) is 4. The normalized spacial score (nSPS) is 15.5. The number of hydrogen-bond donors (Lipinski definition) is 0. The molecule has 2 N–H and O–H groups in total. The molecule has 0 fully saturated rings. The topological polar surface area (TPSA) is 76.3 Å². The summed E-state index contributed by atoms with van der Waals surface area (Å²) in [6.45, 7) is 16.9. The van der Waals surface area contributed by atoms with Crippen LogP contribution in [0.4, 0.5) is 0 Å². The van der Waals surface area contributed by atoms with Gasteiger partial charge in [-0.15, -0.1) is 0 Å². The van der Waals surface area contributed by atoms with E-state index in [2.05, 4.69) is 96.3 Å². The van der Waals surface area contributed by atoms with Gasteiger partial charge in [0.2, 0.25) is 0 Å². The fourth-order valence-corrected chi connectivity index (χ4v) is 5.04. The average molecular weight is 446 g/mol. The van der Waals surface area contributed by atoms with E-state index in [-0.39, 0.29) is 16.3 Å². The van der Waals surface area contributed by atoms with Crippen LogP contribution in [-0.2, 0) is 25.4 Å². The molecule has 30 heavy (non-hydrogen) atoms. The second-order valence-electron chi connectivity index (χ2n) is 10.0. The third kappa shape index (κ3) is 4.96. The molecule has 0 unspecified atom stereocenters. The lowest BCUT2D eigenvalue weighted by Gasteiger charge is -2.32. The summed E-state index contributed by atoms with van der Waals surface area (Å²) in [6.07, 6.45) is 0.636. The molecule has 5 nitrogen and oxygen atoms in total. The summed E-state index contributed by atoms with van der Waals surface area (Å²) < 4.78 is 30.9. The van der Waals surface area contributed by atoms with Crippen molar-refractivity contribution in [2.45, 2.75) is 72.6 Å². The molecular formula is C23H32AlO5P. The van der Waals surface area contributed by atoms with Crippen LogP contribution in [0.3, 0.4) is 0 Å². The van der Waals surface area contributed by atoms with Crippen molar-refractivity contribution in [3.05, 3.63) is 57.6 Å². The fourth-order valence-electron chi connectivity index (χ4n) is 3.78. The second kappa shape index (κ2) is 8.34. The predicted molar refractivity (Wildman–Crippen MR) is 122 cm³/mol. The number of rotatable bonds is 1. The lowest BCUT2D eigenvalue weighted by Crippen LogP contribution is -2.20. The van der Waals surface area contributed by atoms with Crippen LogP contribution in [0.1, 0.15) is 74.9 Å². The number of aryl methyl sites for hydroxylation is 2. The summed E-state index contributed by atoms with van der Waals surface area (Å²) in [5.41, 5.74) is 5.88. The van der Waals surface area contributed by atoms with Gasteiger partial charge in [0, 0.05) is 17.5 Å². The SMILES string of the molecule is Cc1cc2c(c(C(C)(C)C)c1)OP(=O)([O][Al])Oc1c(cc(C)cc1C(C)(C)C)C2.O. The van der Waals surface area contributed by atoms with Crippen molar-refractivity contribution in [3.63, 3.8) is 0 Å². The molecule has 0 spiro atoms. The Morgan fingerprint density at radius 3 is 1.50 bits per heavy atom. The summed E-state index contributed by atoms with van der Waals surface area (Å²) in [4.78, 5) is 0. The first-order chi connectivity index (χ1) is 13.2. The Balaban J connectivity index is 0.00000320. The van der Waals surface area contributed by atoms with E-state index in [0.717, 1.165) is 33.4 Å². The molecule has 7 heteroatoms. The monoisotopic (exact) mass is 446 g/mol. The van der Waals surface area contributed by atoms with Gasteiger partial charge in [-0.3, -0.25) is 0 Å². The van der Waals surface area contributed by atoms with Crippen molar-refractivity contribution in [2.75, 3.05) is 0 Å². The van der Waals surface area contributed by atoms with Gasteiger partial charge in [-0.25, -0.2) is 4.57 Å². The number of phosphoric acid groups is 1. The number of benzene rings is 2. The lowest BCUT2D eigenvalue weighted by atomic mass is 9.81. The quantitative estimate of drug-likeness (QED) is 0.419. The van der Waals surface area contributed by atoms with Gasteiger partial charge in [0.05, 0.1) is 0 Å². The van der Waals surface area contributed by atoms with Gasteiger partial charge in [-0.2, -0.15) is 0 Å². The summed E-state index contributed by atoms with van der Waals surface area (Å²) in [6, 6.07) is 8.38. The molecule has 0 saturated carbocycles. The van der Waals surface area contributed by atoms with Gasteiger partial charge in [-0.05, 0) is 35.8 Å². The first-order valence-electron chi connectivity index (χ1n) is 9.89. The lowest BCUT2D eigenvalue weighted by molar-refractivity contribution is 0.297. The largest absolute Gasteiger partial charge is 0.557 e. The van der Waals surface area contributed by atoms with Crippen molar-refractivity contribution in [1.82, 2.24) is 0 Å². The standard InChI is InChI=1S/C23H31O4P.Al.H2O/c1-14-9-16-13-17-10-15(2)12-19(23(6,7)8)21(17)27-28(24,25)26-20(16)18(11-14)22(3,4)5;;/h9-12H,13H2,1-8H3,(H,24,25);;1H2/q;+1;/p-1. The van der Waals surface area contributed by atoms with Crippen molar-refractivity contribution >= 4 is 24.4 Å². The molecule has 2 aromatic carbocycles. The molecule has 162 valence electrons. The maximum Gasteiger partial charge on any atom is 0.557 e. The zero-order valence-electron chi connectivity index (χ0n) is 19.2. The van der Waals surface area contributed by atoms with Crippen molar-refractivity contribution < 1.29 is 22.7 Å². The molecule has 2 aromatic rings. The number of fused-ring (bicyclic) bond motifs is 2. The van der Waals surface area contributed by atoms with Crippen LogP contribution in [0.5, 0.6) is 11.5 Å². The molecule has 0 aliphatic carbocycles. The van der Waals surface area contributed by atoms with Crippen LogP contribution in [0.15, 0.2) is 24.3 Å². The van der Waals surface area contributed by atoms with E-state index in [1.807, 2.05) is 0 Å². The highest BCUT2D eigenvalue weighted by Gasteiger charge is 2.37. The van der Waals surface area contributed by atoms with E-state index >= 15 is 0 Å². The molecule has 3 rings (SSSR count). The molecule has 0 amide bonds. The zero-order chi connectivity index (χ0) is 21.8. The Hall–Kier alpha value is -1.28. The minimum atomic E-state index is -3.89. The first kappa shape index (κ1) is 25.0. The molecule has 1 heterocycles. The maximum atomic E-state index is 13.5. The van der Waals surface area contributed by atoms with Gasteiger partial charge in [0.25, 0.3) is 0 Å². The highest BCUT2D eigenvalue weighted by atomic mass is 31.2. The second-order valence-corrected chi connectivity index (χ2v) is 12.1. The van der Waals surface area contributed by atoms with E-state index in [0.29, 0.717) is 17.9 Å². The van der Waals surface area contributed by atoms with Gasteiger partial charge in [0.1, 0.15) is 11.5 Å². The number of phosphoric ester groups is 1. The Morgan fingerprint density at radius 1 is 0.833 bits per heavy atom. The van der Waals surface area contributed by atoms with Gasteiger partial charge >= 0.3 is 24.4 Å². The Morgan fingerprint density at radius 2 is 1.20 bits per heavy atom. The minimum Gasteiger partial charge on any atom is -0.417 e. The van der Waals surface area contributed by atoms with Crippen LogP contribution in [0.25, 0.3) is 0 Å². The van der Waals surface area contributed by atoms with Crippen LogP contribution in [0, 0.1) is 13.8 Å². The molecule has 0 aromatic heterocycles. The third-order valence-corrected chi connectivity index (χ3v) is 7.00. The summed E-state index contributed by atoms with van der Waals surface area (Å²) in [5.74, 6) is 1.19.